The Labute approximate surface area is 335 Å². The van der Waals surface area contributed by atoms with Crippen LogP contribution in [0.3, 0.4) is 0 Å². The highest BCUT2D eigenvalue weighted by Crippen LogP contribution is 2.46. The van der Waals surface area contributed by atoms with Crippen LogP contribution in [0.25, 0.3) is 48.5 Å². The van der Waals surface area contributed by atoms with Crippen molar-refractivity contribution < 1.29 is 23.5 Å². The first kappa shape index (κ1) is 36.8. The molecule has 0 aliphatic carbocycles. The van der Waals surface area contributed by atoms with E-state index >= 15 is 0 Å². The summed E-state index contributed by atoms with van der Waals surface area (Å²) in [6.07, 6.45) is 3.78. The maximum absolute atomic E-state index is 14.4. The lowest BCUT2D eigenvalue weighted by molar-refractivity contribution is -0.137. The summed E-state index contributed by atoms with van der Waals surface area (Å²) in [6, 6.07) is 24.8. The molecule has 1 fully saturated rings. The Bertz CT molecular complexity index is 2780. The van der Waals surface area contributed by atoms with Crippen molar-refractivity contribution in [2.75, 3.05) is 31.1 Å². The zero-order valence-corrected chi connectivity index (χ0v) is 33.7. The first-order valence-electron chi connectivity index (χ1n) is 19.9. The second-order valence-corrected chi connectivity index (χ2v) is 17.2. The second kappa shape index (κ2) is 14.3. The highest BCUT2D eigenvalue weighted by atomic mass is 32.1. The SMILES string of the molecule is CC(C)=C1C(=O)N(CCOC(=O)c2cc3cc4c5c(c3oc2=O)CCCN5CCC4)C(=O)/C1=C(/c1cc(-c2c3ccccc3cc3ccccc23)sc1C)C(C)C. The van der Waals surface area contributed by atoms with E-state index in [1.807, 2.05) is 33.8 Å². The van der Waals surface area contributed by atoms with Crippen LogP contribution in [-0.4, -0.2) is 48.9 Å². The fraction of sp³-hybridized carbons (Fsp3) is 0.292. The first-order chi connectivity index (χ1) is 27.5. The largest absolute Gasteiger partial charge is 0.460 e. The van der Waals surface area contributed by atoms with Crippen molar-refractivity contribution in [1.82, 2.24) is 4.90 Å². The molecule has 0 unspecified atom stereocenters. The van der Waals surface area contributed by atoms with Crippen LogP contribution in [0.15, 0.2) is 98.7 Å². The number of nitrogens with zero attached hydrogens (tertiary/aromatic N) is 2. The van der Waals surface area contributed by atoms with Crippen LogP contribution in [0.1, 0.15) is 72.5 Å². The summed E-state index contributed by atoms with van der Waals surface area (Å²) in [4.78, 5) is 60.8. The van der Waals surface area contributed by atoms with Crippen molar-refractivity contribution >= 4 is 72.9 Å². The highest BCUT2D eigenvalue weighted by Gasteiger charge is 2.42. The standard InChI is InChI=1S/C48H44N2O6S/c1-26(2)39(36-25-38(57-28(36)5)41-33-15-8-6-12-29(33)22-30-13-7-9-16-34(30)41)42-40(27(3)4)45(51)50(46(42)52)20-21-55-47(53)37-24-32-23-31-14-10-18-49-19-11-17-35(43(31)49)44(32)56-48(37)54/h6-9,12-13,15-16,22-26H,10-11,14,17-21H2,1-5H3/b42-39+. The lowest BCUT2D eigenvalue weighted by atomic mass is 9.86. The molecule has 3 aliphatic rings. The third-order valence-electron chi connectivity index (χ3n) is 11.7. The van der Waals surface area contributed by atoms with Gasteiger partial charge in [0, 0.05) is 45.0 Å². The molecule has 2 aromatic heterocycles. The number of allylic oxidation sites excluding steroid dienone is 2. The molecule has 0 bridgehead atoms. The second-order valence-electron chi connectivity index (χ2n) is 15.9. The summed E-state index contributed by atoms with van der Waals surface area (Å²) in [5.41, 5.74) is 7.38. The molecule has 0 radical (unpaired) electrons. The lowest BCUT2D eigenvalue weighted by Crippen LogP contribution is -2.34. The monoisotopic (exact) mass is 776 g/mol. The topological polar surface area (TPSA) is 97.1 Å². The summed E-state index contributed by atoms with van der Waals surface area (Å²) in [7, 11) is 0. The number of hydrogen-bond acceptors (Lipinski definition) is 8. The Morgan fingerprint density at radius 1 is 0.825 bits per heavy atom. The van der Waals surface area contributed by atoms with Crippen LogP contribution in [0.2, 0.25) is 0 Å². The normalized spacial score (nSPS) is 16.4. The zero-order valence-electron chi connectivity index (χ0n) is 32.9. The van der Waals surface area contributed by atoms with Crippen LogP contribution in [0.4, 0.5) is 5.69 Å². The van der Waals surface area contributed by atoms with Crippen molar-refractivity contribution in [3.8, 4) is 10.4 Å². The van der Waals surface area contributed by atoms with E-state index in [9.17, 15) is 19.2 Å². The van der Waals surface area contributed by atoms with E-state index in [4.69, 9.17) is 9.15 Å². The molecule has 0 spiro atoms. The summed E-state index contributed by atoms with van der Waals surface area (Å²) in [6.45, 7) is 11.4. The van der Waals surface area contributed by atoms with Gasteiger partial charge in [0.15, 0.2) is 0 Å². The molecule has 6 aromatic rings. The zero-order chi connectivity index (χ0) is 39.7. The number of anilines is 1. The van der Waals surface area contributed by atoms with E-state index in [2.05, 4.69) is 72.5 Å². The van der Waals surface area contributed by atoms with Crippen LogP contribution in [0.5, 0.6) is 0 Å². The van der Waals surface area contributed by atoms with Gasteiger partial charge >= 0.3 is 11.6 Å². The molecule has 288 valence electrons. The fourth-order valence-corrected chi connectivity index (χ4v) is 10.4. The minimum absolute atomic E-state index is 0.0929. The van der Waals surface area contributed by atoms with Gasteiger partial charge in [0.25, 0.3) is 11.8 Å². The number of ether oxygens (including phenoxy) is 1. The van der Waals surface area contributed by atoms with Crippen LogP contribution in [-0.2, 0) is 27.2 Å². The van der Waals surface area contributed by atoms with Gasteiger partial charge in [-0.2, -0.15) is 0 Å². The van der Waals surface area contributed by atoms with Crippen molar-refractivity contribution in [3.63, 3.8) is 0 Å². The third kappa shape index (κ3) is 6.11. The summed E-state index contributed by atoms with van der Waals surface area (Å²) < 4.78 is 11.4. The minimum Gasteiger partial charge on any atom is -0.460 e. The number of esters is 1. The molecule has 0 N–H and O–H groups in total. The molecule has 4 aromatic carbocycles. The predicted octanol–water partition coefficient (Wildman–Crippen LogP) is 9.81. The van der Waals surface area contributed by atoms with E-state index in [-0.39, 0.29) is 24.6 Å². The van der Waals surface area contributed by atoms with Gasteiger partial charge < -0.3 is 14.1 Å². The van der Waals surface area contributed by atoms with Gasteiger partial charge in [0.1, 0.15) is 17.8 Å². The molecule has 2 amide bonds. The van der Waals surface area contributed by atoms with Gasteiger partial charge in [0.2, 0.25) is 0 Å². The number of imide groups is 1. The predicted molar refractivity (Wildman–Crippen MR) is 228 cm³/mol. The van der Waals surface area contributed by atoms with E-state index in [1.54, 1.807) is 17.4 Å². The van der Waals surface area contributed by atoms with Gasteiger partial charge in [0.05, 0.1) is 17.7 Å². The number of thiophene rings is 1. The quantitative estimate of drug-likeness (QED) is 0.0524. The molecular formula is C48H44N2O6S. The molecule has 0 saturated carbocycles. The average Bonchev–Trinajstić information content (AvgIpc) is 3.68. The number of carbonyl (C=O) groups is 3. The van der Waals surface area contributed by atoms with Gasteiger partial charge in [-0.3, -0.25) is 14.5 Å². The maximum Gasteiger partial charge on any atom is 0.351 e. The number of hydrogen-bond donors (Lipinski definition) is 0. The number of fused-ring (bicyclic) bond motifs is 4. The van der Waals surface area contributed by atoms with E-state index < -0.39 is 23.4 Å². The average molecular weight is 777 g/mol. The number of benzene rings is 4. The van der Waals surface area contributed by atoms with E-state index in [1.165, 1.54) is 16.2 Å². The number of aryl methyl sites for hydroxylation is 3. The van der Waals surface area contributed by atoms with E-state index in [0.29, 0.717) is 22.1 Å². The number of carbonyl (C=O) groups excluding carboxylic acids is 3. The molecule has 9 rings (SSSR count). The summed E-state index contributed by atoms with van der Waals surface area (Å²) >= 11 is 1.69. The summed E-state index contributed by atoms with van der Waals surface area (Å²) in [5, 5.41) is 5.32. The van der Waals surface area contributed by atoms with Crippen molar-refractivity contribution in [1.29, 1.82) is 0 Å². The Morgan fingerprint density at radius 3 is 2.18 bits per heavy atom. The number of likely N-dealkylation sites (tertiary alicyclic amines) is 1. The number of rotatable bonds is 7. The summed E-state index contributed by atoms with van der Waals surface area (Å²) in [5.74, 6) is -1.78. The Morgan fingerprint density at radius 2 is 1.49 bits per heavy atom. The van der Waals surface area contributed by atoms with Crippen LogP contribution >= 0.6 is 11.3 Å². The Hall–Kier alpha value is -5.80. The van der Waals surface area contributed by atoms with Crippen LogP contribution < -0.4 is 10.5 Å². The third-order valence-corrected chi connectivity index (χ3v) is 12.8. The molecule has 57 heavy (non-hydrogen) atoms. The number of amides is 2. The Kier molecular flexibility index (Phi) is 9.23. The van der Waals surface area contributed by atoms with E-state index in [0.717, 1.165) is 97.9 Å². The van der Waals surface area contributed by atoms with Crippen molar-refractivity contribution in [2.45, 2.75) is 60.3 Å². The van der Waals surface area contributed by atoms with Crippen molar-refractivity contribution in [3.05, 3.63) is 127 Å². The van der Waals surface area contributed by atoms with Gasteiger partial charge in [-0.05, 0) is 115 Å². The van der Waals surface area contributed by atoms with Crippen molar-refractivity contribution in [2.24, 2.45) is 5.92 Å². The molecule has 9 heteroatoms. The fourth-order valence-electron chi connectivity index (χ4n) is 9.27. The Balaban J connectivity index is 1.02. The van der Waals surface area contributed by atoms with Crippen LogP contribution in [0, 0.1) is 12.8 Å². The molecule has 8 nitrogen and oxygen atoms in total. The molecule has 0 atom stereocenters. The van der Waals surface area contributed by atoms with Gasteiger partial charge in [-0.25, -0.2) is 9.59 Å². The molecule has 5 heterocycles. The smallest absolute Gasteiger partial charge is 0.351 e. The minimum atomic E-state index is -0.846. The van der Waals surface area contributed by atoms with Gasteiger partial charge in [-0.15, -0.1) is 11.3 Å². The molecule has 3 aliphatic heterocycles. The molecular weight excluding hydrogens is 733 g/mol. The van der Waals surface area contributed by atoms with Gasteiger partial charge in [-0.1, -0.05) is 68.0 Å². The highest BCUT2D eigenvalue weighted by molar-refractivity contribution is 7.16. The maximum atomic E-state index is 14.4. The molecule has 1 saturated heterocycles. The first-order valence-corrected chi connectivity index (χ1v) is 20.7. The lowest BCUT2D eigenvalue weighted by Gasteiger charge is -2.37.